The third-order valence-electron chi connectivity index (χ3n) is 4.35. The van der Waals surface area contributed by atoms with E-state index in [1.54, 1.807) is 6.08 Å². The third-order valence-corrected chi connectivity index (χ3v) is 4.35. The summed E-state index contributed by atoms with van der Waals surface area (Å²) in [5.41, 5.74) is 2.61. The lowest BCUT2D eigenvalue weighted by atomic mass is 9.98. The molecule has 24 heavy (non-hydrogen) atoms. The van der Waals surface area contributed by atoms with E-state index in [0.717, 1.165) is 24.0 Å². The number of nitrogens with zero attached hydrogens (tertiary/aromatic N) is 1. The topological polar surface area (TPSA) is 82.0 Å². The van der Waals surface area contributed by atoms with E-state index in [0.29, 0.717) is 11.6 Å². The summed E-state index contributed by atoms with van der Waals surface area (Å²) >= 11 is 0. The van der Waals surface area contributed by atoms with E-state index >= 15 is 0 Å². The number of allylic oxidation sites excluding steroid dienone is 1. The van der Waals surface area contributed by atoms with Gasteiger partial charge in [0.15, 0.2) is 0 Å². The van der Waals surface area contributed by atoms with Crippen LogP contribution in [-0.4, -0.2) is 11.8 Å². The zero-order valence-electron chi connectivity index (χ0n) is 14.0. The number of hydrogen-bond donors (Lipinski definition) is 2. The average molecular weight is 325 g/mol. The fraction of sp³-hybridized carbons (Fsp3) is 0.421. The summed E-state index contributed by atoms with van der Waals surface area (Å²) < 4.78 is 0. The van der Waals surface area contributed by atoms with Gasteiger partial charge in [0.05, 0.1) is 6.07 Å². The summed E-state index contributed by atoms with van der Waals surface area (Å²) in [5, 5.41) is 14.1. The van der Waals surface area contributed by atoms with Gasteiger partial charge in [-0.15, -0.1) is 0 Å². The molecule has 0 atom stereocenters. The van der Waals surface area contributed by atoms with Crippen LogP contribution < -0.4 is 10.6 Å². The van der Waals surface area contributed by atoms with Crippen LogP contribution in [0.25, 0.3) is 0 Å². The zero-order valence-corrected chi connectivity index (χ0v) is 14.0. The van der Waals surface area contributed by atoms with Crippen LogP contribution in [0.3, 0.4) is 0 Å². The van der Waals surface area contributed by atoms with Crippen LogP contribution >= 0.6 is 0 Å². The van der Waals surface area contributed by atoms with Crippen LogP contribution in [0, 0.1) is 17.2 Å². The van der Waals surface area contributed by atoms with Gasteiger partial charge in [0, 0.05) is 18.3 Å². The zero-order chi connectivity index (χ0) is 17.4. The molecule has 0 heterocycles. The van der Waals surface area contributed by atoms with Crippen molar-refractivity contribution in [2.45, 2.75) is 45.6 Å². The molecular formula is C19H23N3O2. The van der Waals surface area contributed by atoms with E-state index < -0.39 is 0 Å². The van der Waals surface area contributed by atoms with Gasteiger partial charge in [0.1, 0.15) is 6.42 Å². The van der Waals surface area contributed by atoms with Crippen LogP contribution in [0.2, 0.25) is 0 Å². The highest BCUT2D eigenvalue weighted by Gasteiger charge is 2.17. The van der Waals surface area contributed by atoms with Crippen LogP contribution in [0.15, 0.2) is 35.9 Å². The molecule has 2 N–H and O–H groups in total. The van der Waals surface area contributed by atoms with Crippen molar-refractivity contribution in [1.82, 2.24) is 5.32 Å². The number of para-hydroxylation sites is 1. The van der Waals surface area contributed by atoms with Gasteiger partial charge in [-0.25, -0.2) is 0 Å². The lowest BCUT2D eigenvalue weighted by Crippen LogP contribution is -2.23. The Morgan fingerprint density at radius 1 is 1.29 bits per heavy atom. The normalized spacial score (nSPS) is 14.9. The lowest BCUT2D eigenvalue weighted by molar-refractivity contribution is -0.120. The number of nitriles is 1. The first kappa shape index (κ1) is 17.7. The van der Waals surface area contributed by atoms with Gasteiger partial charge < -0.3 is 10.6 Å². The number of benzene rings is 1. The molecule has 1 fully saturated rings. The van der Waals surface area contributed by atoms with E-state index in [1.807, 2.05) is 37.3 Å². The molecule has 2 rings (SSSR count). The summed E-state index contributed by atoms with van der Waals surface area (Å²) in [5.74, 6) is 0.0575. The minimum atomic E-state index is -0.324. The number of carbonyl (C=O) groups excluding carboxylic acids is 2. The minimum absolute atomic E-state index is 0.143. The molecule has 0 aliphatic heterocycles. The van der Waals surface area contributed by atoms with Crippen molar-refractivity contribution < 1.29 is 9.59 Å². The van der Waals surface area contributed by atoms with E-state index in [2.05, 4.69) is 10.6 Å². The lowest BCUT2D eigenvalue weighted by Gasteiger charge is -2.12. The Kier molecular flexibility index (Phi) is 6.56. The highest BCUT2D eigenvalue weighted by Crippen LogP contribution is 2.30. The van der Waals surface area contributed by atoms with E-state index in [4.69, 9.17) is 5.26 Å². The number of nitrogens with one attached hydrogen (secondary N) is 2. The van der Waals surface area contributed by atoms with Crippen molar-refractivity contribution in [1.29, 1.82) is 5.26 Å². The summed E-state index contributed by atoms with van der Waals surface area (Å²) in [4.78, 5) is 23.7. The molecule has 2 amide bonds. The molecule has 0 unspecified atom stereocenters. The SMILES string of the molecule is C/C(=C\C(=O)Nc1ccccc1CNC(=O)CC#N)C1CCCC1. The second-order valence-electron chi connectivity index (χ2n) is 6.13. The Bertz CT molecular complexity index is 667. The average Bonchev–Trinajstić information content (AvgIpc) is 3.09. The standard InChI is InChI=1S/C19H23N3O2/c1-14(15-6-2-3-7-15)12-19(24)22-17-9-5-4-8-16(17)13-21-18(23)10-11-20/h4-5,8-9,12,15H,2-3,6-7,10,13H2,1H3,(H,21,23)(H,22,24)/b14-12+. The van der Waals surface area contributed by atoms with Crippen LogP contribution in [0.4, 0.5) is 5.69 Å². The van der Waals surface area contributed by atoms with Gasteiger partial charge in [-0.2, -0.15) is 5.26 Å². The molecule has 5 nitrogen and oxygen atoms in total. The molecular weight excluding hydrogens is 302 g/mol. The fourth-order valence-corrected chi connectivity index (χ4v) is 3.00. The molecule has 1 aromatic rings. The van der Waals surface area contributed by atoms with Gasteiger partial charge in [-0.3, -0.25) is 9.59 Å². The largest absolute Gasteiger partial charge is 0.351 e. The highest BCUT2D eigenvalue weighted by molar-refractivity contribution is 6.00. The molecule has 1 aromatic carbocycles. The maximum atomic E-state index is 12.3. The second-order valence-corrected chi connectivity index (χ2v) is 6.13. The number of carbonyl (C=O) groups is 2. The van der Waals surface area contributed by atoms with Gasteiger partial charge in [-0.1, -0.05) is 36.6 Å². The van der Waals surface area contributed by atoms with Gasteiger partial charge in [-0.05, 0) is 37.3 Å². The Labute approximate surface area is 142 Å². The quantitative estimate of drug-likeness (QED) is 0.787. The molecule has 0 saturated heterocycles. The van der Waals surface area contributed by atoms with E-state index in [9.17, 15) is 9.59 Å². The summed E-state index contributed by atoms with van der Waals surface area (Å²) in [6.45, 7) is 2.30. The molecule has 5 heteroatoms. The summed E-state index contributed by atoms with van der Waals surface area (Å²) in [6.07, 6.45) is 6.32. The van der Waals surface area contributed by atoms with Crippen molar-refractivity contribution in [2.75, 3.05) is 5.32 Å². The first-order valence-corrected chi connectivity index (χ1v) is 8.31. The van der Waals surface area contributed by atoms with E-state index in [-0.39, 0.29) is 24.8 Å². The predicted octanol–water partition coefficient (Wildman–Crippen LogP) is 3.29. The van der Waals surface area contributed by atoms with Crippen LogP contribution in [-0.2, 0) is 16.1 Å². The summed E-state index contributed by atoms with van der Waals surface area (Å²) in [6, 6.07) is 9.15. The molecule has 1 saturated carbocycles. The monoisotopic (exact) mass is 325 g/mol. The number of rotatable bonds is 6. The van der Waals surface area contributed by atoms with Crippen LogP contribution in [0.1, 0.15) is 44.6 Å². The highest BCUT2D eigenvalue weighted by atomic mass is 16.2. The Balaban J connectivity index is 1.98. The Hall–Kier alpha value is -2.61. The number of hydrogen-bond acceptors (Lipinski definition) is 3. The van der Waals surface area contributed by atoms with Crippen molar-refractivity contribution in [3.63, 3.8) is 0 Å². The van der Waals surface area contributed by atoms with Gasteiger partial charge >= 0.3 is 0 Å². The van der Waals surface area contributed by atoms with Gasteiger partial charge in [0.2, 0.25) is 11.8 Å². The van der Waals surface area contributed by atoms with Crippen LogP contribution in [0.5, 0.6) is 0 Å². The maximum absolute atomic E-state index is 12.3. The molecule has 0 spiro atoms. The smallest absolute Gasteiger partial charge is 0.248 e. The predicted molar refractivity (Wildman–Crippen MR) is 92.9 cm³/mol. The molecule has 126 valence electrons. The molecule has 0 aromatic heterocycles. The minimum Gasteiger partial charge on any atom is -0.351 e. The molecule has 0 radical (unpaired) electrons. The maximum Gasteiger partial charge on any atom is 0.248 e. The van der Waals surface area contributed by atoms with Crippen molar-refractivity contribution >= 4 is 17.5 Å². The number of anilines is 1. The second kappa shape index (κ2) is 8.88. The van der Waals surface area contributed by atoms with E-state index in [1.165, 1.54) is 12.8 Å². The third kappa shape index (κ3) is 5.24. The molecule has 1 aliphatic carbocycles. The first-order chi connectivity index (χ1) is 11.6. The van der Waals surface area contributed by atoms with Crippen molar-refractivity contribution in [3.8, 4) is 6.07 Å². The first-order valence-electron chi connectivity index (χ1n) is 8.31. The fourth-order valence-electron chi connectivity index (χ4n) is 3.00. The van der Waals surface area contributed by atoms with Gasteiger partial charge in [0.25, 0.3) is 0 Å². The van der Waals surface area contributed by atoms with Crippen molar-refractivity contribution in [3.05, 3.63) is 41.5 Å². The Morgan fingerprint density at radius 2 is 2.00 bits per heavy atom. The summed E-state index contributed by atoms with van der Waals surface area (Å²) in [7, 11) is 0. The molecule has 1 aliphatic rings. The molecule has 0 bridgehead atoms. The number of amides is 2. The van der Waals surface area contributed by atoms with Crippen molar-refractivity contribution in [2.24, 2.45) is 5.92 Å². The Morgan fingerprint density at radius 3 is 2.71 bits per heavy atom.